The van der Waals surface area contributed by atoms with Crippen LogP contribution in [0.25, 0.3) is 0 Å². The molecule has 1 aliphatic heterocycles. The molecule has 0 spiro atoms. The van der Waals surface area contributed by atoms with Gasteiger partial charge in [0.05, 0.1) is 0 Å². The molecule has 1 aliphatic rings. The molecule has 1 atom stereocenters. The van der Waals surface area contributed by atoms with E-state index in [4.69, 9.17) is 0 Å². The zero-order valence-corrected chi connectivity index (χ0v) is 13.6. The van der Waals surface area contributed by atoms with Crippen molar-refractivity contribution in [1.82, 2.24) is 15.1 Å². The first-order chi connectivity index (χ1) is 9.99. The molecular formula is C17H27N3O. The second kappa shape index (κ2) is 6.94. The van der Waals surface area contributed by atoms with Gasteiger partial charge in [0.15, 0.2) is 0 Å². The van der Waals surface area contributed by atoms with Gasteiger partial charge in [0, 0.05) is 39.3 Å². The fourth-order valence-electron chi connectivity index (χ4n) is 3.04. The number of amides is 2. The minimum absolute atomic E-state index is 0.125. The van der Waals surface area contributed by atoms with Crippen molar-refractivity contribution in [3.63, 3.8) is 0 Å². The Kier molecular flexibility index (Phi) is 5.23. The highest BCUT2D eigenvalue weighted by Gasteiger charge is 2.24. The van der Waals surface area contributed by atoms with Gasteiger partial charge >= 0.3 is 6.03 Å². The number of carbonyl (C=O) groups excluding carboxylic acids is 1. The maximum Gasteiger partial charge on any atom is 0.319 e. The van der Waals surface area contributed by atoms with Crippen LogP contribution in [0.15, 0.2) is 24.3 Å². The number of benzene rings is 1. The van der Waals surface area contributed by atoms with E-state index in [1.165, 1.54) is 11.1 Å². The lowest BCUT2D eigenvalue weighted by atomic mass is 9.99. The average Bonchev–Trinajstić information content (AvgIpc) is 2.47. The van der Waals surface area contributed by atoms with Crippen LogP contribution in [0.5, 0.6) is 0 Å². The summed E-state index contributed by atoms with van der Waals surface area (Å²) in [5.74, 6) is 0. The van der Waals surface area contributed by atoms with Gasteiger partial charge in [-0.1, -0.05) is 24.3 Å². The van der Waals surface area contributed by atoms with Crippen molar-refractivity contribution in [3.8, 4) is 0 Å². The Morgan fingerprint density at radius 3 is 2.48 bits per heavy atom. The van der Waals surface area contributed by atoms with Crippen LogP contribution in [0.3, 0.4) is 0 Å². The van der Waals surface area contributed by atoms with Crippen LogP contribution in [-0.4, -0.2) is 49.1 Å². The van der Waals surface area contributed by atoms with Gasteiger partial charge in [0.2, 0.25) is 0 Å². The third-order valence-electron chi connectivity index (χ3n) is 4.29. The van der Waals surface area contributed by atoms with Crippen LogP contribution in [0.1, 0.15) is 36.9 Å². The molecule has 4 heteroatoms. The van der Waals surface area contributed by atoms with Crippen molar-refractivity contribution in [3.05, 3.63) is 35.4 Å². The molecule has 1 N–H and O–H groups in total. The SMILES string of the molecule is Cc1ccccc1[C@H](C)NC1CCN(C(=O)N(C)C)CC1. The van der Waals surface area contributed by atoms with E-state index in [9.17, 15) is 4.79 Å². The number of aryl methyl sites for hydroxylation is 1. The summed E-state index contributed by atoms with van der Waals surface area (Å²) < 4.78 is 0. The number of rotatable bonds is 3. The Bertz CT molecular complexity index is 479. The largest absolute Gasteiger partial charge is 0.331 e. The number of piperidine rings is 1. The number of hydrogen-bond donors (Lipinski definition) is 1. The number of urea groups is 1. The van der Waals surface area contributed by atoms with Gasteiger partial charge in [-0.2, -0.15) is 0 Å². The van der Waals surface area contributed by atoms with E-state index in [1.54, 1.807) is 4.90 Å². The monoisotopic (exact) mass is 289 g/mol. The van der Waals surface area contributed by atoms with Crippen LogP contribution >= 0.6 is 0 Å². The summed E-state index contributed by atoms with van der Waals surface area (Å²) in [6, 6.07) is 9.50. The summed E-state index contributed by atoms with van der Waals surface area (Å²) in [5.41, 5.74) is 2.70. The third-order valence-corrected chi connectivity index (χ3v) is 4.29. The second-order valence-electron chi connectivity index (χ2n) is 6.18. The van der Waals surface area contributed by atoms with Gasteiger partial charge in [-0.25, -0.2) is 4.79 Å². The molecule has 116 valence electrons. The summed E-state index contributed by atoms with van der Waals surface area (Å²) in [5, 5.41) is 3.71. The number of nitrogens with one attached hydrogen (secondary N) is 1. The van der Waals surface area contributed by atoms with E-state index < -0.39 is 0 Å². The van der Waals surface area contributed by atoms with E-state index in [1.807, 2.05) is 19.0 Å². The Balaban J connectivity index is 1.86. The highest BCUT2D eigenvalue weighted by atomic mass is 16.2. The van der Waals surface area contributed by atoms with E-state index in [-0.39, 0.29) is 6.03 Å². The molecule has 0 aromatic heterocycles. The first-order valence-electron chi connectivity index (χ1n) is 7.77. The minimum Gasteiger partial charge on any atom is -0.331 e. The summed E-state index contributed by atoms with van der Waals surface area (Å²) >= 11 is 0. The van der Waals surface area contributed by atoms with Crippen LogP contribution < -0.4 is 5.32 Å². The van der Waals surface area contributed by atoms with Crippen molar-refractivity contribution >= 4 is 6.03 Å². The first kappa shape index (κ1) is 15.8. The summed E-state index contributed by atoms with van der Waals surface area (Å²) in [6.45, 7) is 6.07. The van der Waals surface area contributed by atoms with Gasteiger partial charge < -0.3 is 15.1 Å². The van der Waals surface area contributed by atoms with E-state index in [2.05, 4.69) is 43.4 Å². The van der Waals surface area contributed by atoms with Crippen LogP contribution in [-0.2, 0) is 0 Å². The van der Waals surface area contributed by atoms with Crippen molar-refractivity contribution in [1.29, 1.82) is 0 Å². The van der Waals surface area contributed by atoms with E-state index in [0.29, 0.717) is 12.1 Å². The zero-order valence-electron chi connectivity index (χ0n) is 13.6. The van der Waals surface area contributed by atoms with Crippen molar-refractivity contribution in [2.24, 2.45) is 0 Å². The molecule has 0 bridgehead atoms. The molecule has 0 saturated carbocycles. The maximum atomic E-state index is 11.9. The van der Waals surface area contributed by atoms with Crippen LogP contribution in [0.2, 0.25) is 0 Å². The topological polar surface area (TPSA) is 35.6 Å². The third kappa shape index (κ3) is 3.97. The van der Waals surface area contributed by atoms with Crippen molar-refractivity contribution in [2.75, 3.05) is 27.2 Å². The van der Waals surface area contributed by atoms with Crippen molar-refractivity contribution in [2.45, 2.75) is 38.8 Å². The number of nitrogens with zero attached hydrogens (tertiary/aromatic N) is 2. The normalized spacial score (nSPS) is 17.6. The van der Waals surface area contributed by atoms with Gasteiger partial charge in [-0.15, -0.1) is 0 Å². The molecule has 1 fully saturated rings. The fraction of sp³-hybridized carbons (Fsp3) is 0.588. The van der Waals surface area contributed by atoms with Gasteiger partial charge in [0.1, 0.15) is 0 Å². The fourth-order valence-corrected chi connectivity index (χ4v) is 3.04. The lowest BCUT2D eigenvalue weighted by Crippen LogP contribution is -2.48. The predicted molar refractivity (Wildman–Crippen MR) is 86.4 cm³/mol. The second-order valence-corrected chi connectivity index (χ2v) is 6.18. The zero-order chi connectivity index (χ0) is 15.4. The maximum absolute atomic E-state index is 11.9. The lowest BCUT2D eigenvalue weighted by Gasteiger charge is -2.35. The Labute approximate surface area is 128 Å². The van der Waals surface area contributed by atoms with Gasteiger partial charge in [-0.3, -0.25) is 0 Å². The molecule has 0 radical (unpaired) electrons. The average molecular weight is 289 g/mol. The smallest absolute Gasteiger partial charge is 0.319 e. The molecule has 2 amide bonds. The quantitative estimate of drug-likeness (QED) is 0.928. The molecule has 1 aromatic rings. The first-order valence-corrected chi connectivity index (χ1v) is 7.77. The van der Waals surface area contributed by atoms with Crippen LogP contribution in [0.4, 0.5) is 4.79 Å². The molecule has 0 aliphatic carbocycles. The van der Waals surface area contributed by atoms with Gasteiger partial charge in [0.25, 0.3) is 0 Å². The highest BCUT2D eigenvalue weighted by molar-refractivity contribution is 5.73. The number of likely N-dealkylation sites (tertiary alicyclic amines) is 1. The summed E-state index contributed by atoms with van der Waals surface area (Å²) in [7, 11) is 3.62. The minimum atomic E-state index is 0.125. The van der Waals surface area contributed by atoms with E-state index in [0.717, 1.165) is 25.9 Å². The highest BCUT2D eigenvalue weighted by Crippen LogP contribution is 2.20. The molecule has 4 nitrogen and oxygen atoms in total. The lowest BCUT2D eigenvalue weighted by molar-refractivity contribution is 0.151. The number of hydrogen-bond acceptors (Lipinski definition) is 2. The standard InChI is InChI=1S/C17H27N3O/c1-13-7-5-6-8-16(13)14(2)18-15-9-11-20(12-10-15)17(21)19(3)4/h5-8,14-15,18H,9-12H2,1-4H3/t14-/m0/s1. The molecule has 1 heterocycles. The summed E-state index contributed by atoms with van der Waals surface area (Å²) in [4.78, 5) is 15.5. The van der Waals surface area contributed by atoms with Crippen molar-refractivity contribution < 1.29 is 4.79 Å². The number of carbonyl (C=O) groups is 1. The summed E-state index contributed by atoms with van der Waals surface area (Å²) in [6.07, 6.45) is 2.05. The molecule has 21 heavy (non-hydrogen) atoms. The molecule has 1 saturated heterocycles. The van der Waals surface area contributed by atoms with Gasteiger partial charge in [-0.05, 0) is 37.8 Å². The van der Waals surface area contributed by atoms with E-state index >= 15 is 0 Å². The van der Waals surface area contributed by atoms with Crippen LogP contribution in [0, 0.1) is 6.92 Å². The molecule has 0 unspecified atom stereocenters. The molecular weight excluding hydrogens is 262 g/mol. The predicted octanol–water partition coefficient (Wildman–Crippen LogP) is 2.79. The molecule has 2 rings (SSSR count). The Morgan fingerprint density at radius 2 is 1.90 bits per heavy atom. The Hall–Kier alpha value is -1.55. The Morgan fingerprint density at radius 1 is 1.29 bits per heavy atom. The molecule has 1 aromatic carbocycles.